The molecule has 3 atom stereocenters. The Morgan fingerprint density at radius 1 is 1.35 bits per heavy atom. The lowest BCUT2D eigenvalue weighted by molar-refractivity contribution is -0.139. The average molecular weight is 360 g/mol. The van der Waals surface area contributed by atoms with E-state index in [1.165, 1.54) is 0 Å². The molecule has 2 amide bonds. The molecule has 3 fully saturated rings. The molecule has 0 unspecified atom stereocenters. The molecular weight excluding hydrogens is 332 g/mol. The maximum absolute atomic E-state index is 13.2. The van der Waals surface area contributed by atoms with Gasteiger partial charge in [-0.15, -0.1) is 0 Å². The highest BCUT2D eigenvalue weighted by atomic mass is 16.5. The number of carbonyl (C=O) groups excluding carboxylic acids is 2. The fourth-order valence-corrected chi connectivity index (χ4v) is 4.73. The molecule has 0 bridgehead atoms. The van der Waals surface area contributed by atoms with Crippen LogP contribution in [-0.4, -0.2) is 62.4 Å². The molecule has 3 aliphatic heterocycles. The quantitative estimate of drug-likeness (QED) is 0.823. The third kappa shape index (κ3) is 2.25. The van der Waals surface area contributed by atoms with E-state index in [-0.39, 0.29) is 29.8 Å². The van der Waals surface area contributed by atoms with Crippen molar-refractivity contribution in [2.24, 2.45) is 13.0 Å². The van der Waals surface area contributed by atoms with E-state index in [2.05, 4.69) is 32.8 Å². The number of aromatic nitrogens is 2. The van der Waals surface area contributed by atoms with Crippen LogP contribution in [0.5, 0.6) is 0 Å². The second-order valence-electron chi connectivity index (χ2n) is 8.43. The number of likely N-dealkylation sites (tertiary alicyclic amines) is 1. The number of nitrogens with zero attached hydrogens (tertiary/aromatic N) is 4. The summed E-state index contributed by atoms with van der Waals surface area (Å²) in [7, 11) is 1.80. The zero-order valence-corrected chi connectivity index (χ0v) is 16.2. The van der Waals surface area contributed by atoms with Gasteiger partial charge in [0.1, 0.15) is 5.69 Å². The number of hydrogen-bond donors (Lipinski definition) is 0. The highest BCUT2D eigenvalue weighted by Gasteiger charge is 2.65. The molecule has 1 spiro atoms. The second kappa shape index (κ2) is 5.81. The fraction of sp³-hybridized carbons (Fsp3) is 0.737. The van der Waals surface area contributed by atoms with Gasteiger partial charge in [-0.25, -0.2) is 0 Å². The Balaban J connectivity index is 1.63. The van der Waals surface area contributed by atoms with Crippen molar-refractivity contribution in [3.05, 3.63) is 17.5 Å². The van der Waals surface area contributed by atoms with Gasteiger partial charge in [0.05, 0.1) is 30.8 Å². The number of ether oxygens (including phenoxy) is 1. The monoisotopic (exact) mass is 360 g/mol. The lowest BCUT2D eigenvalue weighted by atomic mass is 10.0. The van der Waals surface area contributed by atoms with Crippen molar-refractivity contribution in [3.63, 3.8) is 0 Å². The predicted octanol–water partition coefficient (Wildman–Crippen LogP) is 1.74. The first-order valence-corrected chi connectivity index (χ1v) is 9.57. The summed E-state index contributed by atoms with van der Waals surface area (Å²) in [5.74, 6) is 0.658. The Bertz CT molecular complexity index is 756. The van der Waals surface area contributed by atoms with Crippen LogP contribution in [0.25, 0.3) is 0 Å². The minimum atomic E-state index is -0.624. The van der Waals surface area contributed by atoms with Gasteiger partial charge < -0.3 is 14.5 Å². The number of rotatable bonds is 3. The molecule has 7 nitrogen and oxygen atoms in total. The number of aryl methyl sites for hydroxylation is 1. The molecule has 7 heteroatoms. The predicted molar refractivity (Wildman–Crippen MR) is 95.5 cm³/mol. The molecule has 0 aromatic carbocycles. The van der Waals surface area contributed by atoms with Gasteiger partial charge in [0, 0.05) is 20.0 Å². The van der Waals surface area contributed by atoms with E-state index in [4.69, 9.17) is 4.74 Å². The van der Waals surface area contributed by atoms with E-state index in [9.17, 15) is 9.59 Å². The molecule has 26 heavy (non-hydrogen) atoms. The van der Waals surface area contributed by atoms with Gasteiger partial charge in [-0.05, 0) is 17.9 Å². The Hall–Kier alpha value is -1.89. The van der Waals surface area contributed by atoms with Gasteiger partial charge in [0.2, 0.25) is 5.91 Å². The van der Waals surface area contributed by atoms with E-state index < -0.39 is 5.72 Å². The minimum Gasteiger partial charge on any atom is -0.351 e. The highest BCUT2D eigenvalue weighted by molar-refractivity contribution is 5.94. The van der Waals surface area contributed by atoms with E-state index in [1.54, 1.807) is 11.7 Å². The van der Waals surface area contributed by atoms with Crippen LogP contribution < -0.4 is 0 Å². The smallest absolute Gasteiger partial charge is 0.272 e. The first-order chi connectivity index (χ1) is 12.3. The summed E-state index contributed by atoms with van der Waals surface area (Å²) in [4.78, 5) is 29.7. The normalized spacial score (nSPS) is 30.7. The van der Waals surface area contributed by atoms with E-state index >= 15 is 0 Å². The maximum atomic E-state index is 13.2. The molecule has 1 aromatic rings. The van der Waals surface area contributed by atoms with Crippen LogP contribution in [0, 0.1) is 5.92 Å². The van der Waals surface area contributed by atoms with Crippen LogP contribution in [0.1, 0.15) is 62.6 Å². The molecule has 4 heterocycles. The van der Waals surface area contributed by atoms with Crippen LogP contribution >= 0.6 is 0 Å². The van der Waals surface area contributed by atoms with Crippen molar-refractivity contribution in [1.82, 2.24) is 19.6 Å². The summed E-state index contributed by atoms with van der Waals surface area (Å²) in [6, 6.07) is 1.77. The lowest BCUT2D eigenvalue weighted by Gasteiger charge is -2.34. The van der Waals surface area contributed by atoms with Crippen LogP contribution in [0.4, 0.5) is 0 Å². The number of amides is 2. The van der Waals surface area contributed by atoms with Gasteiger partial charge in [-0.2, -0.15) is 5.10 Å². The first kappa shape index (κ1) is 17.5. The zero-order chi connectivity index (χ0) is 18.8. The molecule has 4 rings (SSSR count). The molecule has 3 aliphatic rings. The summed E-state index contributed by atoms with van der Waals surface area (Å²) in [6.07, 6.45) is 1.04. The summed E-state index contributed by atoms with van der Waals surface area (Å²) < 4.78 is 7.87. The number of carbonyl (C=O) groups is 2. The van der Waals surface area contributed by atoms with E-state index in [1.807, 2.05) is 15.9 Å². The maximum Gasteiger partial charge on any atom is 0.272 e. The third-order valence-electron chi connectivity index (χ3n) is 6.23. The third-order valence-corrected chi connectivity index (χ3v) is 6.23. The molecule has 1 aromatic heterocycles. The summed E-state index contributed by atoms with van der Waals surface area (Å²) in [5, 5.41) is 4.46. The van der Waals surface area contributed by atoms with Crippen LogP contribution in [0.3, 0.4) is 0 Å². The fourth-order valence-electron chi connectivity index (χ4n) is 4.73. The second-order valence-corrected chi connectivity index (χ2v) is 8.43. The average Bonchev–Trinajstić information content (AvgIpc) is 3.27. The Morgan fingerprint density at radius 3 is 2.69 bits per heavy atom. The molecule has 3 saturated heterocycles. The molecule has 0 saturated carbocycles. The van der Waals surface area contributed by atoms with Crippen molar-refractivity contribution in [2.75, 3.05) is 13.2 Å². The number of hydrogen-bond acceptors (Lipinski definition) is 4. The summed E-state index contributed by atoms with van der Waals surface area (Å²) in [6.45, 7) is 9.54. The van der Waals surface area contributed by atoms with Crippen molar-refractivity contribution in [1.29, 1.82) is 0 Å². The van der Waals surface area contributed by atoms with Crippen molar-refractivity contribution in [2.45, 2.75) is 64.3 Å². The Labute approximate surface area is 154 Å². The lowest BCUT2D eigenvalue weighted by Crippen LogP contribution is -2.51. The standard InChI is InChI=1S/C19H28N4O3/c1-11(2)13-8-14(21(5)20-13)18(25)22-7-6-19-16(22)9-17(24)23(19)15(10-26-19)12(3)4/h8,11-12,15-16H,6-7,9-10H2,1-5H3/t15-,16+,19-/m0/s1. The zero-order valence-electron chi connectivity index (χ0n) is 16.2. The van der Waals surface area contributed by atoms with Crippen molar-refractivity contribution < 1.29 is 14.3 Å². The van der Waals surface area contributed by atoms with Crippen LogP contribution in [0.15, 0.2) is 6.07 Å². The summed E-state index contributed by atoms with van der Waals surface area (Å²) in [5.41, 5.74) is 0.863. The van der Waals surface area contributed by atoms with Gasteiger partial charge >= 0.3 is 0 Å². The van der Waals surface area contributed by atoms with Gasteiger partial charge in [0.25, 0.3) is 5.91 Å². The van der Waals surface area contributed by atoms with Crippen LogP contribution in [0.2, 0.25) is 0 Å². The first-order valence-electron chi connectivity index (χ1n) is 9.57. The molecule has 0 radical (unpaired) electrons. The van der Waals surface area contributed by atoms with Gasteiger partial charge in [-0.1, -0.05) is 27.7 Å². The molecule has 0 aliphatic carbocycles. The molecule has 0 N–H and O–H groups in total. The Kier molecular flexibility index (Phi) is 3.91. The van der Waals surface area contributed by atoms with Gasteiger partial charge in [-0.3, -0.25) is 14.3 Å². The SMILES string of the molecule is CC(C)c1cc(C(=O)N2CC[C@@]34OC[C@@H](C(C)C)N3C(=O)C[C@@H]24)n(C)n1. The van der Waals surface area contributed by atoms with Crippen molar-refractivity contribution >= 4 is 11.8 Å². The largest absolute Gasteiger partial charge is 0.351 e. The van der Waals surface area contributed by atoms with Crippen LogP contribution in [-0.2, 0) is 16.6 Å². The molecule has 142 valence electrons. The molecular formula is C19H28N4O3. The topological polar surface area (TPSA) is 67.7 Å². The Morgan fingerprint density at radius 2 is 2.08 bits per heavy atom. The summed E-state index contributed by atoms with van der Waals surface area (Å²) >= 11 is 0. The van der Waals surface area contributed by atoms with Gasteiger partial charge in [0.15, 0.2) is 5.72 Å². The van der Waals surface area contributed by atoms with E-state index in [0.717, 1.165) is 5.69 Å². The van der Waals surface area contributed by atoms with Crippen molar-refractivity contribution in [3.8, 4) is 0 Å². The minimum absolute atomic E-state index is 0.0555. The highest BCUT2D eigenvalue weighted by Crippen LogP contribution is 2.49. The van der Waals surface area contributed by atoms with E-state index in [0.29, 0.717) is 37.6 Å².